The first-order valence-electron chi connectivity index (χ1n) is 13.7. The molecular weight excluding hydrogens is 372 g/mol. The van der Waals surface area contributed by atoms with E-state index in [9.17, 15) is 0 Å². The highest BCUT2D eigenvalue weighted by Crippen LogP contribution is 2.15. The minimum Gasteiger partial charge on any atom is -0.394 e. The van der Waals surface area contributed by atoms with Gasteiger partial charge in [-0.25, -0.2) is 0 Å². The second-order valence-corrected chi connectivity index (χ2v) is 9.28. The molecule has 0 radical (unpaired) electrons. The van der Waals surface area contributed by atoms with Gasteiger partial charge in [0.05, 0.1) is 13.2 Å². The number of hydrogen-bond donors (Lipinski definition) is 2. The van der Waals surface area contributed by atoms with Crippen molar-refractivity contribution in [2.24, 2.45) is 0 Å². The van der Waals surface area contributed by atoms with Gasteiger partial charge in [0, 0.05) is 6.61 Å². The fourth-order valence-electron chi connectivity index (χ4n) is 4.12. The predicted molar refractivity (Wildman–Crippen MR) is 131 cm³/mol. The minimum absolute atomic E-state index is 0.0875. The average Bonchev–Trinajstić information content (AvgIpc) is 2.77. The fraction of sp³-hybridized carbons (Fsp3) is 1.00. The molecule has 30 heavy (non-hydrogen) atoms. The van der Waals surface area contributed by atoms with E-state index in [2.05, 4.69) is 6.92 Å². The Bertz CT molecular complexity index is 292. The maximum atomic E-state index is 8.92. The van der Waals surface area contributed by atoms with Crippen LogP contribution >= 0.6 is 0 Å². The fourth-order valence-corrected chi connectivity index (χ4v) is 4.12. The molecule has 0 aromatic carbocycles. The van der Waals surface area contributed by atoms with Gasteiger partial charge in [-0.1, -0.05) is 142 Å². The third kappa shape index (κ3) is 24.2. The highest BCUT2D eigenvalue weighted by Gasteiger charge is 2.04. The molecule has 0 saturated carbocycles. The molecule has 0 aliphatic carbocycles. The van der Waals surface area contributed by atoms with Crippen LogP contribution in [0, 0.1) is 0 Å². The maximum absolute atomic E-state index is 8.92. The monoisotopic (exact) mass is 428 g/mol. The van der Waals surface area contributed by atoms with Crippen molar-refractivity contribution in [2.75, 3.05) is 19.8 Å². The van der Waals surface area contributed by atoms with Gasteiger partial charge >= 0.3 is 0 Å². The lowest BCUT2D eigenvalue weighted by molar-refractivity contribution is -0.0208. The summed E-state index contributed by atoms with van der Waals surface area (Å²) in [4.78, 5) is 0. The molecule has 0 aliphatic rings. The number of aliphatic hydroxyl groups excluding tert-OH is 2. The highest BCUT2D eigenvalue weighted by atomic mass is 16.5. The first-order valence-corrected chi connectivity index (χ1v) is 13.7. The molecule has 0 saturated heterocycles. The molecule has 0 bridgehead atoms. The zero-order valence-corrected chi connectivity index (χ0v) is 20.6. The van der Waals surface area contributed by atoms with E-state index in [4.69, 9.17) is 14.9 Å². The maximum Gasteiger partial charge on any atom is 0.104 e. The number of hydrogen-bond acceptors (Lipinski definition) is 3. The molecule has 0 unspecified atom stereocenters. The van der Waals surface area contributed by atoms with Gasteiger partial charge in [-0.15, -0.1) is 0 Å². The van der Waals surface area contributed by atoms with Crippen molar-refractivity contribution in [1.82, 2.24) is 0 Å². The van der Waals surface area contributed by atoms with E-state index in [1.165, 1.54) is 135 Å². The molecule has 0 heterocycles. The first kappa shape index (κ1) is 29.9. The Morgan fingerprint density at radius 3 is 0.967 bits per heavy atom. The smallest absolute Gasteiger partial charge is 0.104 e. The molecule has 0 amide bonds. The van der Waals surface area contributed by atoms with E-state index in [0.29, 0.717) is 6.61 Å². The quantitative estimate of drug-likeness (QED) is 0.137. The lowest BCUT2D eigenvalue weighted by atomic mass is 10.0. The number of rotatable bonds is 26. The molecule has 0 spiro atoms. The minimum atomic E-state index is -0.389. The van der Waals surface area contributed by atoms with Crippen molar-refractivity contribution in [3.05, 3.63) is 0 Å². The van der Waals surface area contributed by atoms with Gasteiger partial charge in [-0.2, -0.15) is 0 Å². The Kier molecular flexibility index (Phi) is 26.8. The zero-order valence-electron chi connectivity index (χ0n) is 20.6. The van der Waals surface area contributed by atoms with Crippen LogP contribution in [-0.2, 0) is 4.74 Å². The van der Waals surface area contributed by atoms with Crippen LogP contribution in [-0.4, -0.2) is 36.1 Å². The van der Waals surface area contributed by atoms with Crippen molar-refractivity contribution in [3.8, 4) is 0 Å². The Morgan fingerprint density at radius 2 is 0.700 bits per heavy atom. The average molecular weight is 429 g/mol. The second kappa shape index (κ2) is 26.9. The Labute approximate surface area is 189 Å². The summed E-state index contributed by atoms with van der Waals surface area (Å²) in [6.45, 7) is 2.77. The Balaban J connectivity index is 3.03. The normalized spacial score (nSPS) is 11.6. The van der Waals surface area contributed by atoms with Crippen molar-refractivity contribution in [1.29, 1.82) is 0 Å². The summed E-state index contributed by atoms with van der Waals surface area (Å²) >= 11 is 0. The van der Waals surface area contributed by atoms with Crippen LogP contribution in [0.4, 0.5) is 0 Å². The molecule has 0 fully saturated rings. The molecule has 0 atom stereocenters. The van der Waals surface area contributed by atoms with E-state index >= 15 is 0 Å². The second-order valence-electron chi connectivity index (χ2n) is 9.28. The molecule has 0 rings (SSSR count). The molecule has 2 N–H and O–H groups in total. The van der Waals surface area contributed by atoms with E-state index in [0.717, 1.165) is 6.42 Å². The van der Waals surface area contributed by atoms with Gasteiger partial charge in [0.1, 0.15) is 6.10 Å². The van der Waals surface area contributed by atoms with Crippen molar-refractivity contribution in [2.45, 2.75) is 154 Å². The molecular formula is C27H56O3. The summed E-state index contributed by atoms with van der Waals surface area (Å²) in [7, 11) is 0. The number of unbranched alkanes of at least 4 members (excludes halogenated alkanes) is 21. The molecule has 0 aromatic heterocycles. The largest absolute Gasteiger partial charge is 0.394 e. The number of aliphatic hydroxyl groups is 2. The van der Waals surface area contributed by atoms with Crippen molar-refractivity contribution < 1.29 is 14.9 Å². The summed E-state index contributed by atoms with van der Waals surface area (Å²) in [5.74, 6) is 0. The lowest BCUT2D eigenvalue weighted by Gasteiger charge is -2.11. The summed E-state index contributed by atoms with van der Waals surface area (Å²) in [6, 6.07) is 0. The Hall–Kier alpha value is -0.120. The van der Waals surface area contributed by atoms with Gasteiger partial charge in [0.15, 0.2) is 0 Å². The summed E-state index contributed by atoms with van der Waals surface area (Å²) < 4.78 is 5.38. The molecule has 182 valence electrons. The first-order chi connectivity index (χ1) is 14.8. The van der Waals surface area contributed by atoms with E-state index < -0.39 is 0 Å². The van der Waals surface area contributed by atoms with Gasteiger partial charge in [0.25, 0.3) is 0 Å². The predicted octanol–water partition coefficient (Wildman–Crippen LogP) is 7.96. The molecule has 0 aromatic rings. The van der Waals surface area contributed by atoms with Gasteiger partial charge in [-0.05, 0) is 6.42 Å². The van der Waals surface area contributed by atoms with Crippen LogP contribution in [0.3, 0.4) is 0 Å². The van der Waals surface area contributed by atoms with E-state index in [1.807, 2.05) is 0 Å². The van der Waals surface area contributed by atoms with Crippen LogP contribution in [0.5, 0.6) is 0 Å². The van der Waals surface area contributed by atoms with E-state index in [-0.39, 0.29) is 19.3 Å². The van der Waals surface area contributed by atoms with Crippen LogP contribution in [0.1, 0.15) is 148 Å². The summed E-state index contributed by atoms with van der Waals surface area (Å²) in [5, 5.41) is 17.8. The lowest BCUT2D eigenvalue weighted by Crippen LogP contribution is -2.22. The zero-order chi connectivity index (χ0) is 22.0. The molecule has 3 heteroatoms. The summed E-state index contributed by atoms with van der Waals surface area (Å²) in [6.07, 6.45) is 30.3. The third-order valence-electron chi connectivity index (χ3n) is 6.26. The highest BCUT2D eigenvalue weighted by molar-refractivity contribution is 4.53. The molecule has 0 aliphatic heterocycles. The van der Waals surface area contributed by atoms with Gasteiger partial charge in [0.2, 0.25) is 0 Å². The van der Waals surface area contributed by atoms with Crippen molar-refractivity contribution in [3.63, 3.8) is 0 Å². The van der Waals surface area contributed by atoms with Crippen LogP contribution in [0.25, 0.3) is 0 Å². The topological polar surface area (TPSA) is 49.7 Å². The third-order valence-corrected chi connectivity index (χ3v) is 6.26. The summed E-state index contributed by atoms with van der Waals surface area (Å²) in [5.41, 5.74) is 0. The van der Waals surface area contributed by atoms with Gasteiger partial charge in [-0.3, -0.25) is 0 Å². The van der Waals surface area contributed by atoms with Crippen LogP contribution < -0.4 is 0 Å². The standard InChI is InChI=1S/C27H56O3/c1-2-3-4-5-6-7-8-9-10-11-12-13-14-15-16-17-18-19-20-21-22-23-24-30-27(25-28)26-29/h27-29H,2-26H2,1H3. The molecule has 3 nitrogen and oxygen atoms in total. The number of ether oxygens (including phenoxy) is 1. The van der Waals surface area contributed by atoms with Crippen molar-refractivity contribution >= 4 is 0 Å². The van der Waals surface area contributed by atoms with Crippen LogP contribution in [0.15, 0.2) is 0 Å². The SMILES string of the molecule is CCCCCCCCCCCCCCCCCCCCCCCCOC(CO)CO. The Morgan fingerprint density at radius 1 is 0.433 bits per heavy atom. The van der Waals surface area contributed by atoms with E-state index in [1.54, 1.807) is 0 Å². The van der Waals surface area contributed by atoms with Gasteiger partial charge < -0.3 is 14.9 Å². The van der Waals surface area contributed by atoms with Crippen LogP contribution in [0.2, 0.25) is 0 Å².